The molecular formula is C15H20N2O4. The van der Waals surface area contributed by atoms with E-state index in [0.717, 1.165) is 19.4 Å². The zero-order valence-electron chi connectivity index (χ0n) is 12.0. The second-order valence-corrected chi connectivity index (χ2v) is 5.41. The molecule has 1 aromatic carbocycles. The highest BCUT2D eigenvalue weighted by Gasteiger charge is 2.38. The highest BCUT2D eigenvalue weighted by molar-refractivity contribution is 5.98. The lowest BCUT2D eigenvalue weighted by Crippen LogP contribution is -2.47. The molecule has 1 atom stereocenters. The number of carbonyl (C=O) groups excluding carboxylic acids is 1. The molecule has 2 rings (SSSR count). The van der Waals surface area contributed by atoms with Crippen molar-refractivity contribution in [1.82, 2.24) is 5.32 Å². The minimum atomic E-state index is -1.10. The molecule has 1 heterocycles. The van der Waals surface area contributed by atoms with Crippen LogP contribution in [-0.4, -0.2) is 35.2 Å². The van der Waals surface area contributed by atoms with Crippen molar-refractivity contribution < 1.29 is 19.8 Å². The average Bonchev–Trinajstić information content (AvgIpc) is 2.49. The molecule has 114 valence electrons. The zero-order chi connectivity index (χ0) is 15.5. The fourth-order valence-corrected chi connectivity index (χ4v) is 2.65. The Morgan fingerprint density at radius 1 is 1.43 bits per heavy atom. The van der Waals surface area contributed by atoms with Crippen molar-refractivity contribution in [2.75, 3.05) is 18.4 Å². The summed E-state index contributed by atoms with van der Waals surface area (Å²) in [5, 5.41) is 24.7. The number of phenolic OH excluding ortho intramolecular Hbond substituents is 1. The number of carbonyl (C=O) groups is 2. The maximum absolute atomic E-state index is 12.5. The molecule has 0 saturated carbocycles. The van der Waals surface area contributed by atoms with E-state index in [4.69, 9.17) is 5.11 Å². The SMILES string of the molecule is CCC1(C(=O)Nc2cc(C(=O)O)ccc2O)CCCNC1. The van der Waals surface area contributed by atoms with Gasteiger partial charge in [0.05, 0.1) is 16.7 Å². The van der Waals surface area contributed by atoms with Crippen LogP contribution in [0, 0.1) is 5.41 Å². The minimum Gasteiger partial charge on any atom is -0.506 e. The summed E-state index contributed by atoms with van der Waals surface area (Å²) in [5.41, 5.74) is -0.349. The second-order valence-electron chi connectivity index (χ2n) is 5.41. The lowest BCUT2D eigenvalue weighted by atomic mass is 9.77. The van der Waals surface area contributed by atoms with Crippen molar-refractivity contribution in [2.45, 2.75) is 26.2 Å². The van der Waals surface area contributed by atoms with Gasteiger partial charge in [0.15, 0.2) is 0 Å². The van der Waals surface area contributed by atoms with Gasteiger partial charge in [-0.1, -0.05) is 6.92 Å². The summed E-state index contributed by atoms with van der Waals surface area (Å²) in [7, 11) is 0. The predicted octanol–water partition coefficient (Wildman–Crippen LogP) is 1.81. The van der Waals surface area contributed by atoms with Crippen molar-refractivity contribution in [1.29, 1.82) is 0 Å². The normalized spacial score (nSPS) is 21.8. The maximum Gasteiger partial charge on any atom is 0.335 e. The predicted molar refractivity (Wildman–Crippen MR) is 78.5 cm³/mol. The summed E-state index contributed by atoms with van der Waals surface area (Å²) >= 11 is 0. The summed E-state index contributed by atoms with van der Waals surface area (Å²) in [4.78, 5) is 23.5. The average molecular weight is 292 g/mol. The van der Waals surface area contributed by atoms with Crippen LogP contribution in [0.4, 0.5) is 5.69 Å². The van der Waals surface area contributed by atoms with Crippen LogP contribution in [0.15, 0.2) is 18.2 Å². The van der Waals surface area contributed by atoms with E-state index in [-0.39, 0.29) is 22.9 Å². The van der Waals surface area contributed by atoms with Crippen LogP contribution in [0.5, 0.6) is 5.75 Å². The molecule has 1 saturated heterocycles. The number of aromatic hydroxyl groups is 1. The fourth-order valence-electron chi connectivity index (χ4n) is 2.65. The number of amides is 1. The number of nitrogens with one attached hydrogen (secondary N) is 2. The minimum absolute atomic E-state index is 0.0235. The molecule has 1 aliphatic heterocycles. The summed E-state index contributed by atoms with van der Waals surface area (Å²) in [6, 6.07) is 3.84. The molecule has 0 bridgehead atoms. The maximum atomic E-state index is 12.5. The lowest BCUT2D eigenvalue weighted by Gasteiger charge is -2.35. The monoisotopic (exact) mass is 292 g/mol. The number of carboxylic acids is 1. The Morgan fingerprint density at radius 2 is 2.19 bits per heavy atom. The van der Waals surface area contributed by atoms with Crippen molar-refractivity contribution in [2.24, 2.45) is 5.41 Å². The molecule has 0 aliphatic carbocycles. The number of rotatable bonds is 4. The van der Waals surface area contributed by atoms with Crippen molar-refractivity contribution >= 4 is 17.6 Å². The first kappa shape index (κ1) is 15.3. The summed E-state index contributed by atoms with van der Waals surface area (Å²) < 4.78 is 0. The van der Waals surface area contributed by atoms with Crippen LogP contribution < -0.4 is 10.6 Å². The number of aromatic carboxylic acids is 1. The smallest absolute Gasteiger partial charge is 0.335 e. The van der Waals surface area contributed by atoms with E-state index in [1.165, 1.54) is 18.2 Å². The Kier molecular flexibility index (Phi) is 4.47. The van der Waals surface area contributed by atoms with Crippen molar-refractivity contribution in [3.63, 3.8) is 0 Å². The van der Waals surface area contributed by atoms with Gasteiger partial charge in [-0.05, 0) is 44.0 Å². The Balaban J connectivity index is 2.22. The van der Waals surface area contributed by atoms with Crippen LogP contribution in [0.1, 0.15) is 36.5 Å². The zero-order valence-corrected chi connectivity index (χ0v) is 12.0. The fraction of sp³-hybridized carbons (Fsp3) is 0.467. The molecular weight excluding hydrogens is 272 g/mol. The van der Waals surface area contributed by atoms with Gasteiger partial charge in [0.25, 0.3) is 0 Å². The van der Waals surface area contributed by atoms with Gasteiger partial charge in [-0.3, -0.25) is 4.79 Å². The molecule has 0 spiro atoms. The van der Waals surface area contributed by atoms with E-state index in [9.17, 15) is 14.7 Å². The van der Waals surface area contributed by atoms with Gasteiger partial charge < -0.3 is 20.8 Å². The highest BCUT2D eigenvalue weighted by Crippen LogP contribution is 2.33. The Bertz CT molecular complexity index is 551. The van der Waals surface area contributed by atoms with Gasteiger partial charge in [0, 0.05) is 6.54 Å². The van der Waals surface area contributed by atoms with Gasteiger partial charge in [0.1, 0.15) is 5.75 Å². The lowest BCUT2D eigenvalue weighted by molar-refractivity contribution is -0.126. The number of benzene rings is 1. The Morgan fingerprint density at radius 3 is 2.76 bits per heavy atom. The van der Waals surface area contributed by atoms with Crippen LogP contribution in [-0.2, 0) is 4.79 Å². The first-order valence-corrected chi connectivity index (χ1v) is 7.07. The van der Waals surface area contributed by atoms with Gasteiger partial charge in [-0.15, -0.1) is 0 Å². The standard InChI is InChI=1S/C15H20N2O4/c1-2-15(6-3-7-16-9-15)14(21)17-11-8-10(13(19)20)4-5-12(11)18/h4-5,8,16,18H,2-3,6-7,9H2,1H3,(H,17,21)(H,19,20). The molecule has 1 fully saturated rings. The first-order chi connectivity index (χ1) is 9.98. The molecule has 1 unspecified atom stereocenters. The van der Waals surface area contributed by atoms with E-state index in [1.54, 1.807) is 0 Å². The summed E-state index contributed by atoms with van der Waals surface area (Å²) in [6.07, 6.45) is 2.38. The van der Waals surface area contributed by atoms with Crippen LogP contribution in [0.2, 0.25) is 0 Å². The second kappa shape index (κ2) is 6.13. The van der Waals surface area contributed by atoms with Gasteiger partial charge in [-0.25, -0.2) is 4.79 Å². The van der Waals surface area contributed by atoms with E-state index in [2.05, 4.69) is 10.6 Å². The van der Waals surface area contributed by atoms with Gasteiger partial charge in [-0.2, -0.15) is 0 Å². The number of piperidine rings is 1. The number of anilines is 1. The van der Waals surface area contributed by atoms with E-state index < -0.39 is 11.4 Å². The summed E-state index contributed by atoms with van der Waals surface area (Å²) in [5.74, 6) is -1.42. The third-order valence-electron chi connectivity index (χ3n) is 4.12. The molecule has 1 aromatic rings. The molecule has 6 heteroatoms. The Hall–Kier alpha value is -2.08. The van der Waals surface area contributed by atoms with Crippen LogP contribution >= 0.6 is 0 Å². The number of phenols is 1. The largest absolute Gasteiger partial charge is 0.506 e. The van der Waals surface area contributed by atoms with E-state index in [0.29, 0.717) is 13.0 Å². The molecule has 1 amide bonds. The topological polar surface area (TPSA) is 98.7 Å². The van der Waals surface area contributed by atoms with Crippen LogP contribution in [0.3, 0.4) is 0 Å². The molecule has 0 aromatic heterocycles. The molecule has 6 nitrogen and oxygen atoms in total. The Labute approximate surface area is 123 Å². The van der Waals surface area contributed by atoms with E-state index in [1.807, 2.05) is 6.92 Å². The highest BCUT2D eigenvalue weighted by atomic mass is 16.4. The molecule has 21 heavy (non-hydrogen) atoms. The third-order valence-corrected chi connectivity index (χ3v) is 4.12. The van der Waals surface area contributed by atoms with Crippen molar-refractivity contribution in [3.8, 4) is 5.75 Å². The number of carboxylic acid groups (broad SMARTS) is 1. The molecule has 4 N–H and O–H groups in total. The van der Waals surface area contributed by atoms with Crippen molar-refractivity contribution in [3.05, 3.63) is 23.8 Å². The number of hydrogen-bond donors (Lipinski definition) is 4. The quantitative estimate of drug-likeness (QED) is 0.634. The third kappa shape index (κ3) is 3.16. The van der Waals surface area contributed by atoms with Gasteiger partial charge >= 0.3 is 5.97 Å². The van der Waals surface area contributed by atoms with Crippen LogP contribution in [0.25, 0.3) is 0 Å². The molecule has 0 radical (unpaired) electrons. The van der Waals surface area contributed by atoms with Gasteiger partial charge in [0.2, 0.25) is 5.91 Å². The van der Waals surface area contributed by atoms with E-state index >= 15 is 0 Å². The summed E-state index contributed by atoms with van der Waals surface area (Å²) in [6.45, 7) is 3.45. The number of hydrogen-bond acceptors (Lipinski definition) is 4. The molecule has 1 aliphatic rings. The first-order valence-electron chi connectivity index (χ1n) is 7.07.